The van der Waals surface area contributed by atoms with Gasteiger partial charge >= 0.3 is 0 Å². The number of anilines is 1. The summed E-state index contributed by atoms with van der Waals surface area (Å²) in [5, 5.41) is 12.5. The minimum Gasteiger partial charge on any atom is -0.391 e. The molecule has 66 valence electrons. The van der Waals surface area contributed by atoms with Crippen molar-refractivity contribution in [2.24, 2.45) is 0 Å². The number of rotatable bonds is 1. The van der Waals surface area contributed by atoms with Crippen LogP contribution in [0.5, 0.6) is 0 Å². The molecule has 1 fully saturated rings. The summed E-state index contributed by atoms with van der Waals surface area (Å²) in [7, 11) is 0. The van der Waals surface area contributed by atoms with Crippen LogP contribution >= 0.6 is 22.9 Å². The fourth-order valence-electron chi connectivity index (χ4n) is 1.31. The largest absolute Gasteiger partial charge is 0.391 e. The van der Waals surface area contributed by atoms with Crippen molar-refractivity contribution < 1.29 is 5.11 Å². The van der Waals surface area contributed by atoms with E-state index in [1.165, 1.54) is 11.3 Å². The summed E-state index contributed by atoms with van der Waals surface area (Å²) in [6.07, 6.45) is 0.629. The first-order chi connectivity index (χ1) is 5.75. The highest BCUT2D eigenvalue weighted by Gasteiger charge is 2.22. The summed E-state index contributed by atoms with van der Waals surface area (Å²) < 4.78 is 0. The molecular formula is C7H9ClN2OS. The maximum Gasteiger partial charge on any atom is 0.186 e. The topological polar surface area (TPSA) is 36.4 Å². The molecule has 0 spiro atoms. The lowest BCUT2D eigenvalue weighted by molar-refractivity contribution is 0.198. The number of aliphatic hydroxyl groups excluding tert-OH is 1. The van der Waals surface area contributed by atoms with Crippen molar-refractivity contribution in [3.63, 3.8) is 0 Å². The van der Waals surface area contributed by atoms with E-state index in [4.69, 9.17) is 11.6 Å². The summed E-state index contributed by atoms with van der Waals surface area (Å²) in [6.45, 7) is 1.56. The van der Waals surface area contributed by atoms with Gasteiger partial charge in [-0.05, 0) is 6.42 Å². The summed E-state index contributed by atoms with van der Waals surface area (Å²) in [6, 6.07) is 0. The monoisotopic (exact) mass is 204 g/mol. The van der Waals surface area contributed by atoms with Crippen molar-refractivity contribution in [3.05, 3.63) is 10.5 Å². The summed E-state index contributed by atoms with van der Waals surface area (Å²) >= 11 is 7.21. The second-order valence-corrected chi connectivity index (χ2v) is 4.07. The maximum atomic E-state index is 9.27. The number of hydrogen-bond donors (Lipinski definition) is 1. The van der Waals surface area contributed by atoms with Gasteiger partial charge in [-0.25, -0.2) is 4.98 Å². The Morgan fingerprint density at radius 3 is 3.08 bits per heavy atom. The Morgan fingerprint density at radius 2 is 2.58 bits per heavy atom. The average molecular weight is 205 g/mol. The molecule has 1 N–H and O–H groups in total. The molecular weight excluding hydrogens is 196 g/mol. The second kappa shape index (κ2) is 3.20. The van der Waals surface area contributed by atoms with Crippen LogP contribution in [0.15, 0.2) is 5.38 Å². The molecule has 0 unspecified atom stereocenters. The number of hydrogen-bond acceptors (Lipinski definition) is 4. The van der Waals surface area contributed by atoms with Crippen LogP contribution in [0.1, 0.15) is 6.42 Å². The SMILES string of the molecule is O[C@H]1CCN(c2nc(Cl)cs2)C1. The van der Waals surface area contributed by atoms with Gasteiger partial charge < -0.3 is 10.0 Å². The number of aromatic nitrogens is 1. The van der Waals surface area contributed by atoms with E-state index in [1.807, 2.05) is 5.38 Å². The number of halogens is 1. The highest BCUT2D eigenvalue weighted by atomic mass is 35.5. The highest BCUT2D eigenvalue weighted by molar-refractivity contribution is 7.14. The van der Waals surface area contributed by atoms with Gasteiger partial charge in [0, 0.05) is 18.5 Å². The van der Waals surface area contributed by atoms with Crippen LogP contribution < -0.4 is 4.90 Å². The van der Waals surface area contributed by atoms with E-state index in [9.17, 15) is 5.11 Å². The van der Waals surface area contributed by atoms with Gasteiger partial charge in [0.2, 0.25) is 0 Å². The van der Waals surface area contributed by atoms with E-state index in [0.717, 1.165) is 18.1 Å². The molecule has 5 heteroatoms. The van der Waals surface area contributed by atoms with Crippen molar-refractivity contribution in [2.45, 2.75) is 12.5 Å². The number of thiazole rings is 1. The minimum atomic E-state index is -0.201. The lowest BCUT2D eigenvalue weighted by atomic mass is 10.3. The molecule has 0 amide bonds. The maximum absolute atomic E-state index is 9.27. The first kappa shape index (κ1) is 8.29. The van der Waals surface area contributed by atoms with Gasteiger partial charge in [0.1, 0.15) is 5.15 Å². The smallest absolute Gasteiger partial charge is 0.186 e. The van der Waals surface area contributed by atoms with Gasteiger partial charge in [-0.15, -0.1) is 11.3 Å². The normalized spacial score (nSPS) is 23.5. The average Bonchev–Trinajstić information content (AvgIpc) is 2.58. The summed E-state index contributed by atoms with van der Waals surface area (Å²) in [4.78, 5) is 6.18. The number of aliphatic hydroxyl groups is 1. The van der Waals surface area contributed by atoms with Crippen molar-refractivity contribution in [3.8, 4) is 0 Å². The standard InChI is InChI=1S/C7H9ClN2OS/c8-6-4-12-7(9-6)10-2-1-5(11)3-10/h4-5,11H,1-3H2/t5-/m0/s1. The van der Waals surface area contributed by atoms with E-state index in [-0.39, 0.29) is 6.10 Å². The Morgan fingerprint density at radius 1 is 1.75 bits per heavy atom. The van der Waals surface area contributed by atoms with Crippen molar-refractivity contribution in [1.82, 2.24) is 4.98 Å². The van der Waals surface area contributed by atoms with E-state index >= 15 is 0 Å². The van der Waals surface area contributed by atoms with Crippen molar-refractivity contribution in [2.75, 3.05) is 18.0 Å². The van der Waals surface area contributed by atoms with Crippen LogP contribution in [-0.2, 0) is 0 Å². The number of nitrogens with zero attached hydrogens (tertiary/aromatic N) is 2. The van der Waals surface area contributed by atoms with Crippen LogP contribution in [0.25, 0.3) is 0 Å². The molecule has 1 aromatic rings. The van der Waals surface area contributed by atoms with Crippen molar-refractivity contribution >= 4 is 28.1 Å². The molecule has 1 saturated heterocycles. The molecule has 12 heavy (non-hydrogen) atoms. The lowest BCUT2D eigenvalue weighted by Crippen LogP contribution is -2.20. The van der Waals surface area contributed by atoms with Gasteiger partial charge in [-0.3, -0.25) is 0 Å². The van der Waals surface area contributed by atoms with Crippen LogP contribution in [0, 0.1) is 0 Å². The second-order valence-electron chi connectivity index (χ2n) is 2.84. The Hall–Kier alpha value is -0.320. The lowest BCUT2D eigenvalue weighted by Gasteiger charge is -2.12. The summed E-state index contributed by atoms with van der Waals surface area (Å²) in [5.74, 6) is 0. The van der Waals surface area contributed by atoms with E-state index in [1.54, 1.807) is 0 Å². The van der Waals surface area contributed by atoms with E-state index in [0.29, 0.717) is 11.7 Å². The fourth-order valence-corrected chi connectivity index (χ4v) is 2.29. The quantitative estimate of drug-likeness (QED) is 0.751. The predicted molar refractivity (Wildman–Crippen MR) is 50.0 cm³/mol. The Labute approximate surface area is 79.6 Å². The van der Waals surface area contributed by atoms with Crippen molar-refractivity contribution in [1.29, 1.82) is 0 Å². The van der Waals surface area contributed by atoms with Gasteiger partial charge in [-0.1, -0.05) is 11.6 Å². The highest BCUT2D eigenvalue weighted by Crippen LogP contribution is 2.26. The van der Waals surface area contributed by atoms with Crippen LogP contribution in [0.4, 0.5) is 5.13 Å². The first-order valence-electron chi connectivity index (χ1n) is 3.80. The minimum absolute atomic E-state index is 0.201. The molecule has 1 aliphatic rings. The number of β-amino-alcohol motifs (C(OH)–C–C–N with tert-alkyl or cyclic N) is 1. The molecule has 2 rings (SSSR count). The van der Waals surface area contributed by atoms with Gasteiger partial charge in [0.15, 0.2) is 5.13 Å². The van der Waals surface area contributed by atoms with Crippen LogP contribution in [0.3, 0.4) is 0 Å². The van der Waals surface area contributed by atoms with Gasteiger partial charge in [0.25, 0.3) is 0 Å². The molecule has 0 aliphatic carbocycles. The third-order valence-electron chi connectivity index (χ3n) is 1.90. The van der Waals surface area contributed by atoms with Crippen LogP contribution in [0.2, 0.25) is 5.15 Å². The first-order valence-corrected chi connectivity index (χ1v) is 5.05. The third kappa shape index (κ3) is 1.55. The fraction of sp³-hybridized carbons (Fsp3) is 0.571. The van der Waals surface area contributed by atoms with Crippen LogP contribution in [-0.4, -0.2) is 29.3 Å². The molecule has 0 saturated carbocycles. The Balaban J connectivity index is 2.11. The summed E-state index contributed by atoms with van der Waals surface area (Å²) in [5.41, 5.74) is 0. The Kier molecular flexibility index (Phi) is 2.21. The molecule has 0 radical (unpaired) electrons. The molecule has 1 atom stereocenters. The van der Waals surface area contributed by atoms with Gasteiger partial charge in [-0.2, -0.15) is 0 Å². The zero-order chi connectivity index (χ0) is 8.55. The Bertz CT molecular complexity index is 278. The predicted octanol–water partition coefficient (Wildman–Crippen LogP) is 1.37. The van der Waals surface area contributed by atoms with Gasteiger partial charge in [0.05, 0.1) is 6.10 Å². The zero-order valence-corrected chi connectivity index (χ0v) is 7.98. The van der Waals surface area contributed by atoms with E-state index < -0.39 is 0 Å². The molecule has 3 nitrogen and oxygen atoms in total. The third-order valence-corrected chi connectivity index (χ3v) is 3.12. The molecule has 1 aromatic heterocycles. The molecule has 2 heterocycles. The molecule has 0 aromatic carbocycles. The van der Waals surface area contributed by atoms with E-state index in [2.05, 4.69) is 9.88 Å². The zero-order valence-electron chi connectivity index (χ0n) is 6.40. The molecule has 1 aliphatic heterocycles. The molecule has 0 bridgehead atoms.